The largest absolute Gasteiger partial charge is 0.396 e. The van der Waals surface area contributed by atoms with Gasteiger partial charge in [0.1, 0.15) is 0 Å². The molecule has 0 saturated heterocycles. The Balaban J connectivity index is 4.25. The minimum atomic E-state index is 0.183. The normalized spacial score (nSPS) is 16.1. The number of nitrogens with one attached hydrogen (secondary N) is 2. The quantitative estimate of drug-likeness (QED) is 0.492. The number of hydrogen-bond donors (Lipinski definition) is 3. The molecule has 0 bridgehead atoms. The highest BCUT2D eigenvalue weighted by atomic mass is 16.3. The smallest absolute Gasteiger partial charge is 0.191 e. The summed E-state index contributed by atoms with van der Waals surface area (Å²) in [6.45, 7) is 14.7. The van der Waals surface area contributed by atoms with E-state index in [-0.39, 0.29) is 12.5 Å². The third-order valence-corrected chi connectivity index (χ3v) is 2.93. The van der Waals surface area contributed by atoms with E-state index in [4.69, 9.17) is 5.11 Å². The van der Waals surface area contributed by atoms with Gasteiger partial charge in [-0.1, -0.05) is 27.7 Å². The number of nitrogens with zero attached hydrogens (tertiary/aromatic N) is 1. The van der Waals surface area contributed by atoms with Gasteiger partial charge in [0.25, 0.3) is 0 Å². The maximum Gasteiger partial charge on any atom is 0.191 e. The molecule has 0 aliphatic heterocycles. The molecule has 0 aliphatic carbocycles. The van der Waals surface area contributed by atoms with Crippen LogP contribution in [-0.2, 0) is 0 Å². The van der Waals surface area contributed by atoms with E-state index < -0.39 is 0 Å². The van der Waals surface area contributed by atoms with E-state index in [0.717, 1.165) is 18.9 Å². The topological polar surface area (TPSA) is 56.7 Å². The van der Waals surface area contributed by atoms with Crippen molar-refractivity contribution in [2.75, 3.05) is 19.7 Å². The van der Waals surface area contributed by atoms with E-state index in [0.29, 0.717) is 18.0 Å². The summed E-state index contributed by atoms with van der Waals surface area (Å²) in [5.74, 6) is 1.06. The maximum atomic E-state index is 9.02. The second-order valence-corrected chi connectivity index (χ2v) is 6.65. The van der Waals surface area contributed by atoms with Crippen LogP contribution < -0.4 is 10.6 Å². The molecule has 0 rings (SSSR count). The number of guanidine groups is 1. The third-order valence-electron chi connectivity index (χ3n) is 2.93. The van der Waals surface area contributed by atoms with E-state index in [1.807, 2.05) is 6.92 Å². The van der Waals surface area contributed by atoms with Gasteiger partial charge in [-0.25, -0.2) is 0 Å². The number of rotatable bonds is 7. The molecule has 4 heteroatoms. The van der Waals surface area contributed by atoms with E-state index in [2.05, 4.69) is 50.2 Å². The molecule has 0 aromatic rings. The van der Waals surface area contributed by atoms with Gasteiger partial charge in [0.05, 0.1) is 0 Å². The second-order valence-electron chi connectivity index (χ2n) is 6.65. The Kier molecular flexibility index (Phi) is 8.81. The molecule has 0 aromatic carbocycles. The predicted octanol–water partition coefficient (Wildman–Crippen LogP) is 2.38. The predicted molar refractivity (Wildman–Crippen MR) is 83.5 cm³/mol. The summed E-state index contributed by atoms with van der Waals surface area (Å²) in [6.07, 6.45) is 2.32. The van der Waals surface area contributed by atoms with Crippen LogP contribution in [0.15, 0.2) is 4.99 Å². The van der Waals surface area contributed by atoms with Gasteiger partial charge in [-0.3, -0.25) is 4.99 Å². The molecule has 114 valence electrons. The monoisotopic (exact) mass is 271 g/mol. The van der Waals surface area contributed by atoms with Gasteiger partial charge >= 0.3 is 0 Å². The number of hydrogen-bond acceptors (Lipinski definition) is 2. The summed E-state index contributed by atoms with van der Waals surface area (Å²) in [7, 11) is 0. The van der Waals surface area contributed by atoms with Crippen molar-refractivity contribution in [1.29, 1.82) is 0 Å². The summed E-state index contributed by atoms with van der Waals surface area (Å²) in [4.78, 5) is 4.50. The van der Waals surface area contributed by atoms with Crippen LogP contribution in [0.2, 0.25) is 0 Å². The van der Waals surface area contributed by atoms with Crippen molar-refractivity contribution in [1.82, 2.24) is 10.6 Å². The van der Waals surface area contributed by atoms with Crippen molar-refractivity contribution in [3.05, 3.63) is 0 Å². The molecule has 0 aliphatic rings. The summed E-state index contributed by atoms with van der Waals surface area (Å²) in [5.41, 5.74) is 0.372. The van der Waals surface area contributed by atoms with Crippen molar-refractivity contribution in [3.63, 3.8) is 0 Å². The minimum absolute atomic E-state index is 0.183. The molecule has 3 N–H and O–H groups in total. The summed E-state index contributed by atoms with van der Waals surface area (Å²) in [6, 6.07) is 0.404. The van der Waals surface area contributed by atoms with Crippen LogP contribution in [0.25, 0.3) is 0 Å². The summed E-state index contributed by atoms with van der Waals surface area (Å²) < 4.78 is 0. The maximum absolute atomic E-state index is 9.02. The van der Waals surface area contributed by atoms with Crippen LogP contribution in [0.3, 0.4) is 0 Å². The zero-order chi connectivity index (χ0) is 14.9. The number of aliphatic hydroxyl groups is 1. The lowest BCUT2D eigenvalue weighted by molar-refractivity contribution is 0.241. The van der Waals surface area contributed by atoms with Crippen molar-refractivity contribution in [2.45, 2.75) is 60.4 Å². The van der Waals surface area contributed by atoms with E-state index >= 15 is 0 Å². The van der Waals surface area contributed by atoms with Gasteiger partial charge in [-0.05, 0) is 38.0 Å². The van der Waals surface area contributed by atoms with Crippen LogP contribution in [-0.4, -0.2) is 36.8 Å². The Hall–Kier alpha value is -0.770. The number of aliphatic imine (C=N–C) groups is 1. The zero-order valence-electron chi connectivity index (χ0n) is 13.6. The average Bonchev–Trinajstić information content (AvgIpc) is 2.32. The number of aliphatic hydroxyl groups excluding tert-OH is 1. The Morgan fingerprint density at radius 2 is 1.89 bits per heavy atom. The van der Waals surface area contributed by atoms with E-state index in [1.165, 1.54) is 6.42 Å². The van der Waals surface area contributed by atoms with Crippen LogP contribution in [0.4, 0.5) is 0 Å². The van der Waals surface area contributed by atoms with Crippen LogP contribution in [0.5, 0.6) is 0 Å². The fraction of sp³-hybridized carbons (Fsp3) is 0.933. The van der Waals surface area contributed by atoms with Gasteiger partial charge in [-0.15, -0.1) is 0 Å². The first kappa shape index (κ1) is 18.2. The van der Waals surface area contributed by atoms with Gasteiger partial charge in [0, 0.05) is 25.7 Å². The molecule has 0 saturated carbocycles. The molecular weight excluding hydrogens is 238 g/mol. The third kappa shape index (κ3) is 10.8. The molecule has 0 radical (unpaired) electrons. The minimum Gasteiger partial charge on any atom is -0.396 e. The molecule has 19 heavy (non-hydrogen) atoms. The molecule has 0 amide bonds. The molecule has 2 atom stereocenters. The molecule has 2 unspecified atom stereocenters. The highest BCUT2D eigenvalue weighted by Gasteiger charge is 2.13. The van der Waals surface area contributed by atoms with Crippen LogP contribution in [0, 0.1) is 11.3 Å². The van der Waals surface area contributed by atoms with E-state index in [1.54, 1.807) is 0 Å². The average molecular weight is 271 g/mol. The Labute approximate surface area is 119 Å². The van der Waals surface area contributed by atoms with Crippen LogP contribution >= 0.6 is 0 Å². The lowest BCUT2D eigenvalue weighted by Gasteiger charge is -2.23. The first-order valence-corrected chi connectivity index (χ1v) is 7.44. The molecule has 0 spiro atoms. The lowest BCUT2D eigenvalue weighted by atomic mass is 9.89. The van der Waals surface area contributed by atoms with Crippen molar-refractivity contribution < 1.29 is 5.11 Å². The van der Waals surface area contributed by atoms with E-state index in [9.17, 15) is 0 Å². The molecule has 0 heterocycles. The Bertz CT molecular complexity index is 259. The highest BCUT2D eigenvalue weighted by molar-refractivity contribution is 5.80. The summed E-state index contributed by atoms with van der Waals surface area (Å²) in [5, 5.41) is 15.7. The standard InChI is InChI=1S/C15H33N3O/c1-7-16-14(17-10-12(2)11-19)18-13(3)8-9-15(4,5)6/h12-13,19H,7-11H2,1-6H3,(H2,16,17,18). The van der Waals surface area contributed by atoms with Gasteiger partial charge in [0.2, 0.25) is 0 Å². The van der Waals surface area contributed by atoms with Gasteiger partial charge < -0.3 is 15.7 Å². The first-order chi connectivity index (χ1) is 8.78. The summed E-state index contributed by atoms with van der Waals surface area (Å²) >= 11 is 0. The van der Waals surface area contributed by atoms with Crippen molar-refractivity contribution in [3.8, 4) is 0 Å². The van der Waals surface area contributed by atoms with Gasteiger partial charge in [0.15, 0.2) is 5.96 Å². The highest BCUT2D eigenvalue weighted by Crippen LogP contribution is 2.21. The van der Waals surface area contributed by atoms with Crippen molar-refractivity contribution >= 4 is 5.96 Å². The Morgan fingerprint density at radius 3 is 2.37 bits per heavy atom. The SMILES string of the molecule is CCNC(=NCC(C)CO)NC(C)CCC(C)(C)C. The Morgan fingerprint density at radius 1 is 1.26 bits per heavy atom. The fourth-order valence-electron chi connectivity index (χ4n) is 1.58. The van der Waals surface area contributed by atoms with Crippen molar-refractivity contribution in [2.24, 2.45) is 16.3 Å². The molecule has 0 fully saturated rings. The lowest BCUT2D eigenvalue weighted by Crippen LogP contribution is -2.42. The van der Waals surface area contributed by atoms with Crippen LogP contribution in [0.1, 0.15) is 54.4 Å². The first-order valence-electron chi connectivity index (χ1n) is 7.44. The fourth-order valence-corrected chi connectivity index (χ4v) is 1.58. The molecular formula is C15H33N3O. The second kappa shape index (κ2) is 9.18. The zero-order valence-corrected chi connectivity index (χ0v) is 13.6. The van der Waals surface area contributed by atoms with Gasteiger partial charge in [-0.2, -0.15) is 0 Å². The molecule has 0 aromatic heterocycles. The molecule has 4 nitrogen and oxygen atoms in total.